The third kappa shape index (κ3) is 3.68. The Kier molecular flexibility index (Phi) is 5.75. The first-order valence-corrected chi connectivity index (χ1v) is 8.84. The number of hydrogen-bond donors (Lipinski definition) is 1. The molecule has 1 saturated carbocycles. The van der Waals surface area contributed by atoms with Crippen molar-refractivity contribution in [2.24, 2.45) is 5.92 Å². The van der Waals surface area contributed by atoms with Crippen molar-refractivity contribution < 1.29 is 14.7 Å². The monoisotopic (exact) mass is 299 g/mol. The Morgan fingerprint density at radius 2 is 1.95 bits per heavy atom. The van der Waals surface area contributed by atoms with E-state index in [9.17, 15) is 14.7 Å². The Bertz CT molecular complexity index is 355. The summed E-state index contributed by atoms with van der Waals surface area (Å²) >= 11 is 1.62. The smallest absolute Gasteiger partial charge is 0.327 e. The number of carbonyl (C=O) groups is 2. The molecular weight excluding hydrogens is 274 g/mol. The summed E-state index contributed by atoms with van der Waals surface area (Å²) in [6.07, 6.45) is 8.38. The third-order valence-electron chi connectivity index (χ3n) is 4.44. The molecule has 2 rings (SSSR count). The minimum Gasteiger partial charge on any atom is -0.480 e. The molecule has 0 aromatic heterocycles. The topological polar surface area (TPSA) is 57.6 Å². The van der Waals surface area contributed by atoms with Crippen LogP contribution in [0, 0.1) is 5.92 Å². The highest BCUT2D eigenvalue weighted by atomic mass is 32.2. The van der Waals surface area contributed by atoms with Gasteiger partial charge in [0.05, 0.1) is 5.37 Å². The minimum absolute atomic E-state index is 0.0488. The SMILES string of the molecule is CCCC1SCC(C(=O)O)N1C(=O)CCC1CCCC1. The molecule has 0 aromatic carbocycles. The fourth-order valence-electron chi connectivity index (χ4n) is 3.31. The highest BCUT2D eigenvalue weighted by Gasteiger charge is 2.40. The van der Waals surface area contributed by atoms with Crippen LogP contribution in [0.25, 0.3) is 0 Å². The number of amides is 1. The van der Waals surface area contributed by atoms with E-state index in [1.54, 1.807) is 16.7 Å². The van der Waals surface area contributed by atoms with Gasteiger partial charge < -0.3 is 10.0 Å². The Labute approximate surface area is 125 Å². The van der Waals surface area contributed by atoms with Crippen molar-refractivity contribution in [2.45, 2.75) is 69.7 Å². The van der Waals surface area contributed by atoms with Crippen molar-refractivity contribution in [3.63, 3.8) is 0 Å². The largest absolute Gasteiger partial charge is 0.480 e. The summed E-state index contributed by atoms with van der Waals surface area (Å²) in [6.45, 7) is 2.08. The summed E-state index contributed by atoms with van der Waals surface area (Å²) in [7, 11) is 0. The molecule has 4 nitrogen and oxygen atoms in total. The normalized spacial score (nSPS) is 27.1. The second kappa shape index (κ2) is 7.34. The molecule has 1 saturated heterocycles. The number of rotatable bonds is 6. The van der Waals surface area contributed by atoms with Crippen LogP contribution >= 0.6 is 11.8 Å². The van der Waals surface area contributed by atoms with E-state index in [4.69, 9.17) is 0 Å². The summed E-state index contributed by atoms with van der Waals surface area (Å²) in [5, 5.41) is 9.36. The molecule has 0 radical (unpaired) electrons. The van der Waals surface area contributed by atoms with Crippen molar-refractivity contribution in [3.05, 3.63) is 0 Å². The lowest BCUT2D eigenvalue weighted by atomic mass is 10.0. The number of aliphatic carboxylic acids is 1. The molecule has 1 aliphatic carbocycles. The second-order valence-corrected chi connectivity index (χ2v) is 7.13. The molecule has 2 fully saturated rings. The number of hydrogen-bond acceptors (Lipinski definition) is 3. The Morgan fingerprint density at radius 1 is 1.25 bits per heavy atom. The molecular formula is C15H25NO3S. The maximum atomic E-state index is 12.5. The highest BCUT2D eigenvalue weighted by Crippen LogP contribution is 2.34. The zero-order valence-electron chi connectivity index (χ0n) is 12.2. The molecule has 0 spiro atoms. The molecule has 2 aliphatic rings. The summed E-state index contributed by atoms with van der Waals surface area (Å²) in [4.78, 5) is 25.4. The maximum Gasteiger partial charge on any atom is 0.327 e. The van der Waals surface area contributed by atoms with Gasteiger partial charge in [0, 0.05) is 12.2 Å². The van der Waals surface area contributed by atoms with Crippen LogP contribution in [0.5, 0.6) is 0 Å². The molecule has 1 heterocycles. The van der Waals surface area contributed by atoms with Crippen LogP contribution in [-0.2, 0) is 9.59 Å². The fraction of sp³-hybridized carbons (Fsp3) is 0.867. The molecule has 20 heavy (non-hydrogen) atoms. The molecule has 0 bridgehead atoms. The number of carboxylic acids is 1. The van der Waals surface area contributed by atoms with Gasteiger partial charge in [-0.15, -0.1) is 11.8 Å². The van der Waals surface area contributed by atoms with E-state index in [0.717, 1.165) is 19.3 Å². The molecule has 1 amide bonds. The van der Waals surface area contributed by atoms with Crippen LogP contribution in [0.15, 0.2) is 0 Å². The average Bonchev–Trinajstić information content (AvgIpc) is 3.05. The number of carbonyl (C=O) groups excluding carboxylic acids is 1. The predicted octanol–water partition coefficient (Wildman–Crippen LogP) is 3.11. The highest BCUT2D eigenvalue weighted by molar-refractivity contribution is 8.00. The molecule has 114 valence electrons. The van der Waals surface area contributed by atoms with Crippen molar-refractivity contribution in [1.29, 1.82) is 0 Å². The summed E-state index contributed by atoms with van der Waals surface area (Å²) in [5.41, 5.74) is 0. The van der Waals surface area contributed by atoms with Crippen LogP contribution in [-0.4, -0.2) is 39.1 Å². The van der Waals surface area contributed by atoms with Crippen LogP contribution in [0.3, 0.4) is 0 Å². The van der Waals surface area contributed by atoms with E-state index < -0.39 is 12.0 Å². The fourth-order valence-corrected chi connectivity index (χ4v) is 4.85. The molecule has 2 atom stereocenters. The van der Waals surface area contributed by atoms with Crippen molar-refractivity contribution in [2.75, 3.05) is 5.75 Å². The number of nitrogens with zero attached hydrogens (tertiary/aromatic N) is 1. The summed E-state index contributed by atoms with van der Waals surface area (Å²) in [6, 6.07) is -0.618. The van der Waals surface area contributed by atoms with E-state index >= 15 is 0 Å². The molecule has 1 aliphatic heterocycles. The van der Waals surface area contributed by atoms with E-state index in [1.807, 2.05) is 0 Å². The Hall–Kier alpha value is -0.710. The molecule has 2 unspecified atom stereocenters. The Morgan fingerprint density at radius 3 is 2.55 bits per heavy atom. The first-order chi connectivity index (χ1) is 9.63. The summed E-state index contributed by atoms with van der Waals surface area (Å²) in [5.74, 6) is 0.412. The quantitative estimate of drug-likeness (QED) is 0.818. The lowest BCUT2D eigenvalue weighted by molar-refractivity contribution is -0.149. The maximum absolute atomic E-state index is 12.5. The van der Waals surface area contributed by atoms with Crippen LogP contribution in [0.2, 0.25) is 0 Å². The lowest BCUT2D eigenvalue weighted by Gasteiger charge is -2.27. The van der Waals surface area contributed by atoms with Crippen molar-refractivity contribution in [3.8, 4) is 0 Å². The Balaban J connectivity index is 1.93. The molecule has 1 N–H and O–H groups in total. The van der Waals surface area contributed by atoms with Gasteiger partial charge in [-0.1, -0.05) is 39.0 Å². The lowest BCUT2D eigenvalue weighted by Crippen LogP contribution is -2.45. The van der Waals surface area contributed by atoms with Gasteiger partial charge in [0.2, 0.25) is 5.91 Å². The van der Waals surface area contributed by atoms with Crippen LogP contribution in [0.1, 0.15) is 58.3 Å². The molecule has 0 aromatic rings. The summed E-state index contributed by atoms with van der Waals surface area (Å²) < 4.78 is 0. The van der Waals surface area contributed by atoms with Gasteiger partial charge >= 0.3 is 5.97 Å². The second-order valence-electron chi connectivity index (χ2n) is 5.92. The molecule has 5 heteroatoms. The van der Waals surface area contributed by atoms with Gasteiger partial charge in [-0.05, 0) is 18.8 Å². The van der Waals surface area contributed by atoms with Crippen molar-refractivity contribution >= 4 is 23.6 Å². The minimum atomic E-state index is -0.856. The van der Waals surface area contributed by atoms with E-state index in [-0.39, 0.29) is 11.3 Å². The third-order valence-corrected chi connectivity index (χ3v) is 5.80. The van der Waals surface area contributed by atoms with E-state index in [0.29, 0.717) is 18.1 Å². The van der Waals surface area contributed by atoms with Crippen molar-refractivity contribution in [1.82, 2.24) is 4.90 Å². The zero-order valence-corrected chi connectivity index (χ0v) is 13.0. The number of carboxylic acid groups (broad SMARTS) is 1. The van der Waals surface area contributed by atoms with Crippen LogP contribution < -0.4 is 0 Å². The standard InChI is InChI=1S/C15H25NO3S/c1-2-5-14-16(12(10-20-14)15(18)19)13(17)9-8-11-6-3-4-7-11/h11-12,14H,2-10H2,1H3,(H,18,19). The van der Waals surface area contributed by atoms with Gasteiger partial charge in [-0.3, -0.25) is 4.79 Å². The van der Waals surface area contributed by atoms with Gasteiger partial charge in [-0.25, -0.2) is 4.79 Å². The number of thioether (sulfide) groups is 1. The van der Waals surface area contributed by atoms with Gasteiger partial charge in [0.15, 0.2) is 0 Å². The van der Waals surface area contributed by atoms with E-state index in [2.05, 4.69) is 6.92 Å². The predicted molar refractivity (Wildman–Crippen MR) is 80.6 cm³/mol. The van der Waals surface area contributed by atoms with Gasteiger partial charge in [0.25, 0.3) is 0 Å². The first-order valence-electron chi connectivity index (χ1n) is 7.79. The average molecular weight is 299 g/mol. The van der Waals surface area contributed by atoms with Gasteiger partial charge in [0.1, 0.15) is 6.04 Å². The van der Waals surface area contributed by atoms with Crippen LogP contribution in [0.4, 0.5) is 0 Å². The van der Waals surface area contributed by atoms with Gasteiger partial charge in [-0.2, -0.15) is 0 Å². The van der Waals surface area contributed by atoms with E-state index in [1.165, 1.54) is 25.7 Å². The first kappa shape index (κ1) is 15.7. The zero-order chi connectivity index (χ0) is 14.5.